The largest absolute Gasteiger partial charge is 0.508 e. The van der Waals surface area contributed by atoms with E-state index in [1.165, 1.54) is 12.2 Å². The predicted molar refractivity (Wildman–Crippen MR) is 128 cm³/mol. The van der Waals surface area contributed by atoms with Gasteiger partial charge in [0.25, 0.3) is 0 Å². The minimum atomic E-state index is -0.985. The van der Waals surface area contributed by atoms with Crippen LogP contribution in [0.5, 0.6) is 5.75 Å². The zero-order valence-electron chi connectivity index (χ0n) is 18.0. The number of rotatable bonds is 9. The van der Waals surface area contributed by atoms with Gasteiger partial charge in [-0.3, -0.25) is 4.79 Å². The van der Waals surface area contributed by atoms with Crippen LogP contribution in [0.25, 0.3) is 11.1 Å². The van der Waals surface area contributed by atoms with Gasteiger partial charge < -0.3 is 20.9 Å². The maximum Gasteiger partial charge on any atom is 0.408 e. The number of halogens is 1. The zero-order valence-corrected chi connectivity index (χ0v) is 18.8. The molecule has 0 aliphatic heterocycles. The van der Waals surface area contributed by atoms with Crippen molar-refractivity contribution >= 4 is 23.5 Å². The predicted octanol–water partition coefficient (Wildman–Crippen LogP) is 4.94. The monoisotopic (exact) mass is 454 g/mol. The fourth-order valence-corrected chi connectivity index (χ4v) is 3.14. The van der Waals surface area contributed by atoms with Crippen LogP contribution < -0.4 is 11.1 Å². The third-order valence-corrected chi connectivity index (χ3v) is 5.17. The van der Waals surface area contributed by atoms with Gasteiger partial charge in [-0.15, -0.1) is 0 Å². The second-order valence-electron chi connectivity index (χ2n) is 7.29. The van der Waals surface area contributed by atoms with Crippen molar-refractivity contribution in [2.24, 2.45) is 5.73 Å². The summed E-state index contributed by atoms with van der Waals surface area (Å²) in [5.41, 5.74) is 8.53. The van der Waals surface area contributed by atoms with Gasteiger partial charge in [0, 0.05) is 22.2 Å². The van der Waals surface area contributed by atoms with E-state index in [0.717, 1.165) is 11.1 Å². The van der Waals surface area contributed by atoms with Crippen LogP contribution in [-0.4, -0.2) is 35.2 Å². The first-order valence-corrected chi connectivity index (χ1v) is 10.4. The van der Waals surface area contributed by atoms with Gasteiger partial charge in [0.2, 0.25) is 0 Å². The van der Waals surface area contributed by atoms with Crippen molar-refractivity contribution in [2.75, 3.05) is 0 Å². The van der Waals surface area contributed by atoms with E-state index in [4.69, 9.17) is 22.1 Å². The van der Waals surface area contributed by atoms with E-state index < -0.39 is 24.3 Å². The van der Waals surface area contributed by atoms with Crippen LogP contribution in [0.3, 0.4) is 0 Å². The first-order chi connectivity index (χ1) is 15.1. The third-order valence-electron chi connectivity index (χ3n) is 4.80. The molecular weight excluding hydrogens is 428 g/mol. The number of carbonyl (C=O) groups excluding carboxylic acids is 2. The van der Waals surface area contributed by atoms with Crippen molar-refractivity contribution in [3.8, 4) is 16.9 Å². The molecule has 7 heteroatoms. The number of benzene rings is 2. The molecule has 0 aliphatic rings. The molecule has 3 atom stereocenters. The van der Waals surface area contributed by atoms with Crippen LogP contribution in [0.1, 0.15) is 24.2 Å². The lowest BCUT2D eigenvalue weighted by atomic mass is 9.97. The normalized spacial score (nSPS) is 14.1. The summed E-state index contributed by atoms with van der Waals surface area (Å²) in [5, 5.41) is 12.3. The van der Waals surface area contributed by atoms with Crippen LogP contribution in [0.15, 0.2) is 84.4 Å². The lowest BCUT2D eigenvalue weighted by molar-refractivity contribution is 0.0887. The molecule has 2 rings (SSSR count). The van der Waals surface area contributed by atoms with Crippen LogP contribution in [0.2, 0.25) is 0 Å². The second-order valence-corrected chi connectivity index (χ2v) is 7.70. The van der Waals surface area contributed by atoms with Gasteiger partial charge in [-0.25, -0.2) is 4.79 Å². The van der Waals surface area contributed by atoms with Gasteiger partial charge in [0.15, 0.2) is 5.78 Å². The van der Waals surface area contributed by atoms with Crippen LogP contribution in [-0.2, 0) is 4.74 Å². The first kappa shape index (κ1) is 24.9. The van der Waals surface area contributed by atoms with Crippen molar-refractivity contribution in [3.05, 3.63) is 90.0 Å². The standard InChI is InChI=1S/C25H27ClN2O4/c1-5-6-22(26)15(2)17(4)32-25(31)28-23(16(3)27)24(30)20-9-7-18(8-10-20)19-11-13-21(29)14-12-19/h5-14,16-17,23,29H,1-2,27H2,3-4H3,(H,28,31). The van der Waals surface area contributed by atoms with E-state index in [0.29, 0.717) is 16.2 Å². The summed E-state index contributed by atoms with van der Waals surface area (Å²) in [4.78, 5) is 25.4. The van der Waals surface area contributed by atoms with E-state index in [-0.39, 0.29) is 11.5 Å². The van der Waals surface area contributed by atoms with Crippen molar-refractivity contribution < 1.29 is 19.4 Å². The van der Waals surface area contributed by atoms with Gasteiger partial charge in [0.1, 0.15) is 17.9 Å². The summed E-state index contributed by atoms with van der Waals surface area (Å²) in [5.74, 6) is -0.166. The van der Waals surface area contributed by atoms with E-state index in [2.05, 4.69) is 18.5 Å². The fourth-order valence-electron chi connectivity index (χ4n) is 2.89. The number of ether oxygens (including phenoxy) is 1. The van der Waals surface area contributed by atoms with Gasteiger partial charge in [0.05, 0.1) is 0 Å². The Hall–Kier alpha value is -3.35. The molecule has 168 valence electrons. The maximum atomic E-state index is 13.0. The molecule has 2 aromatic carbocycles. The number of carbonyl (C=O) groups is 2. The third kappa shape index (κ3) is 6.57. The molecule has 3 unspecified atom stereocenters. The molecule has 1 amide bonds. The lowest BCUT2D eigenvalue weighted by Crippen LogP contribution is -2.51. The number of phenols is 1. The number of nitrogens with two attached hydrogens (primary N) is 1. The first-order valence-electron chi connectivity index (χ1n) is 9.97. The molecule has 0 saturated carbocycles. The van der Waals surface area contributed by atoms with Crippen LogP contribution in [0, 0.1) is 0 Å². The molecule has 0 fully saturated rings. The number of nitrogens with one attached hydrogen (secondary N) is 1. The maximum absolute atomic E-state index is 13.0. The van der Waals surface area contributed by atoms with E-state index >= 15 is 0 Å². The molecule has 4 N–H and O–H groups in total. The van der Waals surface area contributed by atoms with Crippen molar-refractivity contribution in [2.45, 2.75) is 32.0 Å². The number of alkyl carbamates (subject to hydrolysis) is 1. The summed E-state index contributed by atoms with van der Waals surface area (Å²) < 4.78 is 5.30. The van der Waals surface area contributed by atoms with Gasteiger partial charge in [-0.05, 0) is 43.2 Å². The molecular formula is C25H27ClN2O4. The van der Waals surface area contributed by atoms with Crippen LogP contribution >= 0.6 is 11.6 Å². The summed E-state index contributed by atoms with van der Waals surface area (Å²) >= 11 is 6.05. The highest BCUT2D eigenvalue weighted by Gasteiger charge is 2.27. The second kappa shape index (κ2) is 11.3. The minimum absolute atomic E-state index is 0.176. The summed E-state index contributed by atoms with van der Waals surface area (Å²) in [6, 6.07) is 12.0. The number of hydrogen-bond donors (Lipinski definition) is 3. The average molecular weight is 455 g/mol. The fraction of sp³-hybridized carbons (Fsp3) is 0.200. The zero-order chi connectivity index (χ0) is 23.8. The topological polar surface area (TPSA) is 102 Å². The average Bonchev–Trinajstić information content (AvgIpc) is 2.77. The van der Waals surface area contributed by atoms with E-state index in [9.17, 15) is 14.7 Å². The highest BCUT2D eigenvalue weighted by molar-refractivity contribution is 6.32. The van der Waals surface area contributed by atoms with Crippen molar-refractivity contribution in [1.29, 1.82) is 0 Å². The number of Topliss-reactive ketones (excluding diaryl/α,β-unsaturated/α-hetero) is 1. The number of phenolic OH excluding ortho intramolecular Hbond substituents is 1. The molecule has 2 aromatic rings. The van der Waals surface area contributed by atoms with Crippen molar-refractivity contribution in [3.63, 3.8) is 0 Å². The molecule has 0 spiro atoms. The lowest BCUT2D eigenvalue weighted by Gasteiger charge is -2.23. The summed E-state index contributed by atoms with van der Waals surface area (Å²) in [7, 11) is 0. The highest BCUT2D eigenvalue weighted by Crippen LogP contribution is 2.23. The van der Waals surface area contributed by atoms with E-state index in [1.807, 2.05) is 0 Å². The molecule has 6 nitrogen and oxygen atoms in total. The number of aromatic hydroxyl groups is 1. The van der Waals surface area contributed by atoms with Gasteiger partial charge >= 0.3 is 6.09 Å². The Labute approximate surface area is 193 Å². The Kier molecular flexibility index (Phi) is 8.81. The molecule has 0 heterocycles. The Balaban J connectivity index is 2.09. The number of ketones is 1. The number of allylic oxidation sites excluding steroid dienone is 2. The number of hydrogen-bond acceptors (Lipinski definition) is 5. The molecule has 0 aliphatic carbocycles. The minimum Gasteiger partial charge on any atom is -0.508 e. The SMILES string of the molecule is C=CC=C(Cl)C(=C)C(C)OC(=O)NC(C(=O)c1ccc(-c2ccc(O)cc2)cc1)C(C)N. The van der Waals surface area contributed by atoms with Gasteiger partial charge in [-0.2, -0.15) is 0 Å². The Morgan fingerprint density at radius 1 is 1.09 bits per heavy atom. The number of amides is 1. The molecule has 0 aromatic heterocycles. The molecule has 0 saturated heterocycles. The molecule has 0 bridgehead atoms. The Morgan fingerprint density at radius 3 is 2.12 bits per heavy atom. The van der Waals surface area contributed by atoms with Gasteiger partial charge in [-0.1, -0.05) is 67.2 Å². The smallest absolute Gasteiger partial charge is 0.408 e. The molecule has 32 heavy (non-hydrogen) atoms. The summed E-state index contributed by atoms with van der Waals surface area (Å²) in [6.45, 7) is 10.6. The van der Waals surface area contributed by atoms with E-state index in [1.54, 1.807) is 62.4 Å². The van der Waals surface area contributed by atoms with Crippen molar-refractivity contribution in [1.82, 2.24) is 5.32 Å². The Bertz CT molecular complexity index is 1010. The molecule has 0 radical (unpaired) electrons. The van der Waals surface area contributed by atoms with Crippen LogP contribution in [0.4, 0.5) is 4.79 Å². The summed E-state index contributed by atoms with van der Waals surface area (Å²) in [6.07, 6.45) is 1.51. The quantitative estimate of drug-likeness (QED) is 0.368. The Morgan fingerprint density at radius 2 is 1.62 bits per heavy atom. The highest BCUT2D eigenvalue weighted by atomic mass is 35.5.